The normalized spacial score (nSPS) is 23.2. The van der Waals surface area contributed by atoms with E-state index in [1.807, 2.05) is 0 Å². The number of benzene rings is 1. The van der Waals surface area contributed by atoms with Gasteiger partial charge in [0.1, 0.15) is 5.15 Å². The van der Waals surface area contributed by atoms with Crippen molar-refractivity contribution in [1.82, 2.24) is 10.3 Å². The number of carbonyl (C=O) groups is 1. The fourth-order valence-corrected chi connectivity index (χ4v) is 6.68. The van der Waals surface area contributed by atoms with Crippen LogP contribution in [0.25, 0.3) is 0 Å². The van der Waals surface area contributed by atoms with Crippen molar-refractivity contribution < 1.29 is 26.7 Å². The van der Waals surface area contributed by atoms with Gasteiger partial charge in [0.15, 0.2) is 0 Å². The van der Waals surface area contributed by atoms with E-state index in [0.29, 0.717) is 41.9 Å². The number of amides is 1. The molecule has 3 atom stereocenters. The number of halogens is 8. The number of carbonyl (C=O) groups excluding carboxylic acids is 1. The second kappa shape index (κ2) is 12.6. The Morgan fingerprint density at radius 3 is 2.54 bits per heavy atom. The first-order chi connectivity index (χ1) is 19.2. The molecule has 0 saturated heterocycles. The zero-order chi connectivity index (χ0) is 30.0. The SMILES string of the molecule is CCC(F)(F)C1(C2=CC(Cl)CC(Cl)=C2)CCC(CCc2ccc(CNC(=O)c3ccc(Cl)nc3)c(C(F)(F)F)c2)C1. The van der Waals surface area contributed by atoms with E-state index in [1.54, 1.807) is 18.2 Å². The van der Waals surface area contributed by atoms with Gasteiger partial charge in [-0.05, 0) is 79.0 Å². The number of nitrogens with zero attached hydrogens (tertiary/aromatic N) is 1. The minimum absolute atomic E-state index is 0.0810. The van der Waals surface area contributed by atoms with Crippen LogP contribution in [-0.2, 0) is 19.1 Å². The first-order valence-electron chi connectivity index (χ1n) is 13.4. The Kier molecular flexibility index (Phi) is 9.76. The van der Waals surface area contributed by atoms with E-state index in [9.17, 15) is 18.0 Å². The van der Waals surface area contributed by atoms with Gasteiger partial charge in [-0.1, -0.05) is 48.3 Å². The molecule has 1 amide bonds. The summed E-state index contributed by atoms with van der Waals surface area (Å²) >= 11 is 18.2. The number of aromatic nitrogens is 1. The van der Waals surface area contributed by atoms with Crippen LogP contribution in [0.15, 0.2) is 59.3 Å². The number of hydrogen-bond donors (Lipinski definition) is 1. The van der Waals surface area contributed by atoms with Gasteiger partial charge in [-0.2, -0.15) is 13.2 Å². The van der Waals surface area contributed by atoms with Crippen LogP contribution in [0, 0.1) is 11.3 Å². The molecular formula is C30H30Cl3F5N2O. The molecule has 0 radical (unpaired) electrons. The maximum Gasteiger partial charge on any atom is 0.416 e. The Labute approximate surface area is 251 Å². The number of allylic oxidation sites excluding steroid dienone is 4. The summed E-state index contributed by atoms with van der Waals surface area (Å²) in [5, 5.41) is 2.66. The molecule has 2 aliphatic rings. The van der Waals surface area contributed by atoms with Crippen molar-refractivity contribution >= 4 is 40.7 Å². The second-order valence-corrected chi connectivity index (χ2v) is 12.2. The third-order valence-electron chi connectivity index (χ3n) is 8.13. The van der Waals surface area contributed by atoms with Crippen LogP contribution >= 0.6 is 34.8 Å². The lowest BCUT2D eigenvalue weighted by Crippen LogP contribution is -2.41. The monoisotopic (exact) mass is 634 g/mol. The zero-order valence-corrected chi connectivity index (χ0v) is 24.6. The number of alkyl halides is 6. The van der Waals surface area contributed by atoms with E-state index < -0.39 is 34.4 Å². The van der Waals surface area contributed by atoms with Gasteiger partial charge in [0, 0.05) is 30.6 Å². The molecule has 41 heavy (non-hydrogen) atoms. The Morgan fingerprint density at radius 2 is 1.90 bits per heavy atom. The van der Waals surface area contributed by atoms with E-state index in [-0.39, 0.29) is 48.0 Å². The third-order valence-corrected chi connectivity index (χ3v) is 8.89. The molecule has 0 bridgehead atoms. The van der Waals surface area contributed by atoms with Gasteiger partial charge in [0.2, 0.25) is 0 Å². The van der Waals surface area contributed by atoms with Gasteiger partial charge in [-0.3, -0.25) is 4.79 Å². The summed E-state index contributed by atoms with van der Waals surface area (Å²) in [4.78, 5) is 16.2. The molecule has 2 aliphatic carbocycles. The molecule has 1 heterocycles. The van der Waals surface area contributed by atoms with Crippen LogP contribution in [0.4, 0.5) is 22.0 Å². The molecule has 0 aliphatic heterocycles. The lowest BCUT2D eigenvalue weighted by atomic mass is 9.69. The van der Waals surface area contributed by atoms with Gasteiger partial charge in [-0.15, -0.1) is 11.6 Å². The van der Waals surface area contributed by atoms with Crippen LogP contribution in [0.5, 0.6) is 0 Å². The van der Waals surface area contributed by atoms with Gasteiger partial charge >= 0.3 is 6.18 Å². The largest absolute Gasteiger partial charge is 0.416 e. The molecule has 2 aromatic rings. The van der Waals surface area contributed by atoms with E-state index in [2.05, 4.69) is 10.3 Å². The molecule has 1 saturated carbocycles. The summed E-state index contributed by atoms with van der Waals surface area (Å²) in [6.07, 6.45) is 1.71. The highest BCUT2D eigenvalue weighted by Gasteiger charge is 2.57. The molecule has 1 fully saturated rings. The van der Waals surface area contributed by atoms with Gasteiger partial charge < -0.3 is 5.32 Å². The fraction of sp³-hybridized carbons (Fsp3) is 0.467. The van der Waals surface area contributed by atoms with Crippen molar-refractivity contribution in [2.75, 3.05) is 0 Å². The summed E-state index contributed by atoms with van der Waals surface area (Å²) < 4.78 is 72.7. The smallest absolute Gasteiger partial charge is 0.348 e. The fourth-order valence-electron chi connectivity index (χ4n) is 5.91. The molecule has 1 aromatic carbocycles. The third kappa shape index (κ3) is 7.26. The van der Waals surface area contributed by atoms with Crippen LogP contribution in [0.1, 0.15) is 72.5 Å². The summed E-state index contributed by atoms with van der Waals surface area (Å²) in [5.74, 6) is -3.66. The molecule has 0 spiro atoms. The predicted molar refractivity (Wildman–Crippen MR) is 151 cm³/mol. The quantitative estimate of drug-likeness (QED) is 0.169. The zero-order valence-electron chi connectivity index (χ0n) is 22.3. The summed E-state index contributed by atoms with van der Waals surface area (Å²) in [6, 6.07) is 6.86. The minimum Gasteiger partial charge on any atom is -0.348 e. The Morgan fingerprint density at radius 1 is 1.15 bits per heavy atom. The van der Waals surface area contributed by atoms with Crippen molar-refractivity contribution in [2.24, 2.45) is 11.3 Å². The summed E-state index contributed by atoms with van der Waals surface area (Å²) in [6.45, 7) is 1.12. The van der Waals surface area contributed by atoms with Crippen molar-refractivity contribution in [3.8, 4) is 0 Å². The lowest BCUT2D eigenvalue weighted by Gasteiger charge is -2.40. The summed E-state index contributed by atoms with van der Waals surface area (Å²) in [7, 11) is 0. The van der Waals surface area contributed by atoms with Crippen molar-refractivity contribution in [2.45, 2.75) is 75.9 Å². The first-order valence-corrected chi connectivity index (χ1v) is 14.6. The molecule has 3 nitrogen and oxygen atoms in total. The first kappa shape index (κ1) is 31.8. The summed E-state index contributed by atoms with van der Waals surface area (Å²) in [5.41, 5.74) is -1.24. The number of pyridine rings is 1. The maximum absolute atomic E-state index is 15.5. The predicted octanol–water partition coefficient (Wildman–Crippen LogP) is 9.51. The molecule has 1 N–H and O–H groups in total. The Bertz CT molecular complexity index is 1330. The lowest BCUT2D eigenvalue weighted by molar-refractivity contribution is -0.138. The topological polar surface area (TPSA) is 42.0 Å². The number of rotatable bonds is 9. The Hall–Kier alpha value is -2.16. The van der Waals surface area contributed by atoms with Crippen molar-refractivity contribution in [3.05, 3.63) is 86.7 Å². The number of nitrogens with one attached hydrogen (secondary N) is 1. The van der Waals surface area contributed by atoms with Gasteiger partial charge in [0.25, 0.3) is 11.8 Å². The maximum atomic E-state index is 15.5. The van der Waals surface area contributed by atoms with E-state index in [4.69, 9.17) is 34.8 Å². The van der Waals surface area contributed by atoms with Crippen molar-refractivity contribution in [1.29, 1.82) is 0 Å². The van der Waals surface area contributed by atoms with Crippen LogP contribution in [-0.4, -0.2) is 22.2 Å². The minimum atomic E-state index is -4.64. The highest BCUT2D eigenvalue weighted by molar-refractivity contribution is 6.31. The van der Waals surface area contributed by atoms with Gasteiger partial charge in [-0.25, -0.2) is 13.8 Å². The standard InChI is InChI=1S/C30H30Cl3F5N2O/c1-2-29(34,35)28(22-12-23(31)14-24(32)13-22)10-9-19(15-28)4-3-18-5-6-20(25(11-18)30(36,37)38)16-40-27(41)21-7-8-26(33)39-17-21/h5-8,11-13,17,19,23H,2-4,9-10,14-16H2,1H3,(H,40,41). The highest BCUT2D eigenvalue weighted by Crippen LogP contribution is 2.59. The van der Waals surface area contributed by atoms with E-state index in [1.165, 1.54) is 31.3 Å². The molecular weight excluding hydrogens is 606 g/mol. The molecule has 4 rings (SSSR count). The van der Waals surface area contributed by atoms with Gasteiger partial charge in [0.05, 0.1) is 21.9 Å². The highest BCUT2D eigenvalue weighted by atomic mass is 35.5. The molecule has 3 unspecified atom stereocenters. The average molecular weight is 636 g/mol. The van der Waals surface area contributed by atoms with Crippen LogP contribution in [0.2, 0.25) is 5.15 Å². The molecule has 1 aromatic heterocycles. The van der Waals surface area contributed by atoms with Crippen LogP contribution < -0.4 is 5.32 Å². The second-order valence-electron chi connectivity index (χ2n) is 10.8. The van der Waals surface area contributed by atoms with Crippen LogP contribution in [0.3, 0.4) is 0 Å². The average Bonchev–Trinajstić information content (AvgIpc) is 3.36. The number of aryl methyl sites for hydroxylation is 1. The van der Waals surface area contributed by atoms with E-state index in [0.717, 1.165) is 6.07 Å². The molecule has 11 heteroatoms. The Balaban J connectivity index is 1.47. The molecule has 222 valence electrons. The van der Waals surface area contributed by atoms with Crippen molar-refractivity contribution in [3.63, 3.8) is 0 Å². The van der Waals surface area contributed by atoms with E-state index >= 15 is 8.78 Å². The number of hydrogen-bond acceptors (Lipinski definition) is 2.